The number of carbonyl (C=O) groups excluding carboxylic acids is 1. The van der Waals surface area contributed by atoms with Crippen molar-refractivity contribution >= 4 is 24.1 Å². The maximum Gasteiger partial charge on any atom is 0.416 e. The second-order valence-electron chi connectivity index (χ2n) is 11.1. The lowest BCUT2D eigenvalue weighted by molar-refractivity contribution is -0.890. The SMILES string of the molecule is COC(=O)C1=C(C)N(c2cccc(C(F)(F)F)c2)c2n[nH]c(=O)n2[C@@H]1c1ccc(C#N)cc1CC[N+](C)(C)CCOCCO.O=CO. The molecular formula is C31H36F3N6O7+. The fourth-order valence-corrected chi connectivity index (χ4v) is 5.25. The van der Waals surface area contributed by atoms with Crippen molar-refractivity contribution in [3.63, 3.8) is 0 Å². The number of aromatic amines is 1. The second-order valence-corrected chi connectivity index (χ2v) is 11.1. The summed E-state index contributed by atoms with van der Waals surface area (Å²) in [4.78, 5) is 36.4. The molecule has 1 aliphatic heterocycles. The monoisotopic (exact) mass is 661 g/mol. The minimum absolute atomic E-state index is 0.0167. The van der Waals surface area contributed by atoms with Gasteiger partial charge in [-0.05, 0) is 48.4 Å². The van der Waals surface area contributed by atoms with E-state index in [4.69, 9.17) is 24.5 Å². The number of aliphatic hydroxyl groups is 1. The molecule has 0 bridgehead atoms. The highest BCUT2D eigenvalue weighted by molar-refractivity contribution is 5.93. The number of rotatable bonds is 11. The number of aromatic nitrogens is 3. The van der Waals surface area contributed by atoms with Crippen molar-refractivity contribution in [1.82, 2.24) is 14.8 Å². The van der Waals surface area contributed by atoms with Crippen LogP contribution in [-0.4, -0.2) is 96.0 Å². The highest BCUT2D eigenvalue weighted by Crippen LogP contribution is 2.43. The number of fused-ring (bicyclic) bond motifs is 1. The fraction of sp³-hybridized carbons (Fsp3) is 0.387. The van der Waals surface area contributed by atoms with Crippen molar-refractivity contribution in [3.8, 4) is 6.07 Å². The van der Waals surface area contributed by atoms with Gasteiger partial charge < -0.3 is 24.2 Å². The number of hydrogen-bond donors (Lipinski definition) is 3. The van der Waals surface area contributed by atoms with E-state index in [0.717, 1.165) is 12.1 Å². The number of ether oxygens (including phenoxy) is 2. The molecule has 1 atom stereocenters. The predicted molar refractivity (Wildman–Crippen MR) is 163 cm³/mol. The van der Waals surface area contributed by atoms with E-state index in [0.29, 0.717) is 47.3 Å². The molecule has 0 unspecified atom stereocenters. The molecule has 13 nitrogen and oxygen atoms in total. The lowest BCUT2D eigenvalue weighted by Gasteiger charge is -2.36. The number of allylic oxidation sites excluding steroid dienone is 1. The molecule has 1 aliphatic rings. The van der Waals surface area contributed by atoms with E-state index >= 15 is 0 Å². The number of nitrogens with one attached hydrogen (secondary N) is 1. The van der Waals surface area contributed by atoms with Crippen LogP contribution in [0.3, 0.4) is 0 Å². The first kappa shape index (κ1) is 36.5. The number of anilines is 2. The molecule has 3 N–H and O–H groups in total. The molecule has 47 heavy (non-hydrogen) atoms. The summed E-state index contributed by atoms with van der Waals surface area (Å²) in [7, 11) is 5.19. The van der Waals surface area contributed by atoms with E-state index in [2.05, 4.69) is 16.3 Å². The van der Waals surface area contributed by atoms with Crippen molar-refractivity contribution in [1.29, 1.82) is 5.26 Å². The van der Waals surface area contributed by atoms with Gasteiger partial charge in [-0.15, -0.1) is 5.10 Å². The van der Waals surface area contributed by atoms with Crippen LogP contribution in [0, 0.1) is 11.3 Å². The fourth-order valence-electron chi connectivity index (χ4n) is 5.25. The molecule has 0 fully saturated rings. The highest BCUT2D eigenvalue weighted by Gasteiger charge is 2.41. The molecule has 0 amide bonds. The number of benzene rings is 2. The van der Waals surface area contributed by atoms with Crippen LogP contribution in [0.1, 0.15) is 35.2 Å². The van der Waals surface area contributed by atoms with Crippen molar-refractivity contribution in [3.05, 3.63) is 86.5 Å². The lowest BCUT2D eigenvalue weighted by atomic mass is 9.89. The van der Waals surface area contributed by atoms with E-state index in [9.17, 15) is 28.0 Å². The Bertz CT molecular complexity index is 1710. The summed E-state index contributed by atoms with van der Waals surface area (Å²) < 4.78 is 53.2. The Hall–Kier alpha value is -4.98. The summed E-state index contributed by atoms with van der Waals surface area (Å²) >= 11 is 0. The summed E-state index contributed by atoms with van der Waals surface area (Å²) in [5, 5.41) is 32.0. The van der Waals surface area contributed by atoms with Gasteiger partial charge in [0.25, 0.3) is 6.47 Å². The number of quaternary nitrogens is 1. The van der Waals surface area contributed by atoms with Gasteiger partial charge in [-0.3, -0.25) is 9.69 Å². The highest BCUT2D eigenvalue weighted by atomic mass is 19.4. The average Bonchev–Trinajstić information content (AvgIpc) is 3.41. The maximum atomic E-state index is 13.6. The molecule has 1 aromatic heterocycles. The number of alkyl halides is 3. The van der Waals surface area contributed by atoms with Gasteiger partial charge >= 0.3 is 17.8 Å². The Balaban J connectivity index is 0.00000192. The van der Waals surface area contributed by atoms with Crippen molar-refractivity contribution < 1.29 is 46.9 Å². The normalized spacial score (nSPS) is 14.5. The Kier molecular flexibility index (Phi) is 12.1. The molecule has 3 aromatic rings. The van der Waals surface area contributed by atoms with E-state index < -0.39 is 29.4 Å². The van der Waals surface area contributed by atoms with Gasteiger partial charge in [-0.25, -0.2) is 19.3 Å². The van der Waals surface area contributed by atoms with Crippen LogP contribution < -0.4 is 10.6 Å². The molecule has 16 heteroatoms. The molecule has 0 spiro atoms. The Morgan fingerprint density at radius 3 is 2.51 bits per heavy atom. The zero-order valence-corrected chi connectivity index (χ0v) is 26.2. The lowest BCUT2D eigenvalue weighted by Crippen LogP contribution is -2.44. The molecule has 0 saturated carbocycles. The number of hydrogen-bond acceptors (Lipinski definition) is 9. The number of nitrogens with zero attached hydrogens (tertiary/aromatic N) is 5. The third kappa shape index (κ3) is 8.44. The van der Waals surface area contributed by atoms with E-state index in [-0.39, 0.29) is 42.6 Å². The van der Waals surface area contributed by atoms with Crippen molar-refractivity contribution in [2.24, 2.45) is 0 Å². The number of halogens is 3. The van der Waals surface area contributed by atoms with Gasteiger partial charge in [-0.2, -0.15) is 18.4 Å². The zero-order chi connectivity index (χ0) is 34.9. The van der Waals surface area contributed by atoms with Crippen LogP contribution in [0.15, 0.2) is 58.5 Å². The predicted octanol–water partition coefficient (Wildman–Crippen LogP) is 2.98. The van der Waals surface area contributed by atoms with Crippen molar-refractivity contribution in [2.75, 3.05) is 59.0 Å². The number of methoxy groups -OCH3 is 1. The number of H-pyrrole nitrogens is 1. The van der Waals surface area contributed by atoms with Gasteiger partial charge in [0.15, 0.2) is 0 Å². The van der Waals surface area contributed by atoms with Gasteiger partial charge in [-0.1, -0.05) is 12.1 Å². The summed E-state index contributed by atoms with van der Waals surface area (Å²) in [6, 6.07) is 10.5. The number of aliphatic hydroxyl groups excluding tert-OH is 1. The molecule has 0 aliphatic carbocycles. The molecule has 4 rings (SSSR count). The van der Waals surface area contributed by atoms with Crippen LogP contribution in [0.2, 0.25) is 0 Å². The smallest absolute Gasteiger partial charge is 0.416 e. The average molecular weight is 662 g/mol. The van der Waals surface area contributed by atoms with E-state index in [1.54, 1.807) is 25.1 Å². The van der Waals surface area contributed by atoms with Crippen molar-refractivity contribution in [2.45, 2.75) is 25.6 Å². The Morgan fingerprint density at radius 2 is 1.89 bits per heavy atom. The van der Waals surface area contributed by atoms with E-state index in [1.165, 1.54) is 28.7 Å². The summed E-state index contributed by atoms with van der Waals surface area (Å²) in [6.45, 7) is 3.12. The standard InChI is InChI=1S/C30H33F3N6O5.CH2O2/c1-19-25(27(41)43-4)26(24-9-8-20(18-34)16-21(24)10-11-39(2,3)12-14-44-15-13-40)38-28(35-36-29(38)42)37(19)23-7-5-6-22(17-23)30(31,32)33;2-1-3/h5-9,16-17,26,40H,10-15H2,1-4H3;1H,(H,2,3)/p+1/t26-;/m1./s1. The van der Waals surface area contributed by atoms with Gasteiger partial charge in [0.05, 0.1) is 70.3 Å². The summed E-state index contributed by atoms with van der Waals surface area (Å²) in [5.74, 6) is -0.799. The van der Waals surface area contributed by atoms with Gasteiger partial charge in [0.1, 0.15) is 12.6 Å². The van der Waals surface area contributed by atoms with Crippen LogP contribution in [0.5, 0.6) is 0 Å². The Labute approximate surface area is 268 Å². The second kappa shape index (κ2) is 15.5. The largest absolute Gasteiger partial charge is 0.483 e. The first-order valence-corrected chi connectivity index (χ1v) is 14.3. The molecule has 252 valence electrons. The summed E-state index contributed by atoms with van der Waals surface area (Å²) in [6.07, 6.45) is -4.18. The molecule has 0 radical (unpaired) electrons. The number of carbonyl (C=O) groups is 2. The zero-order valence-electron chi connectivity index (χ0n) is 26.2. The minimum Gasteiger partial charge on any atom is -0.483 e. The number of carboxylic acid groups (broad SMARTS) is 1. The van der Waals surface area contributed by atoms with Gasteiger partial charge in [0.2, 0.25) is 5.95 Å². The minimum atomic E-state index is -4.63. The van der Waals surface area contributed by atoms with E-state index in [1.807, 2.05) is 14.1 Å². The molecular weight excluding hydrogens is 625 g/mol. The molecule has 2 heterocycles. The topological polar surface area (TPSA) is 171 Å². The van der Waals surface area contributed by atoms with Crippen LogP contribution in [0.4, 0.5) is 24.8 Å². The first-order chi connectivity index (χ1) is 22.2. The number of esters is 1. The first-order valence-electron chi connectivity index (χ1n) is 14.3. The molecule has 2 aromatic carbocycles. The molecule has 0 saturated heterocycles. The maximum absolute atomic E-state index is 13.6. The Morgan fingerprint density at radius 1 is 1.19 bits per heavy atom. The third-order valence-electron chi connectivity index (χ3n) is 7.61. The third-order valence-corrected chi connectivity index (χ3v) is 7.61. The van der Waals surface area contributed by atoms with Crippen LogP contribution in [0.25, 0.3) is 0 Å². The van der Waals surface area contributed by atoms with Gasteiger partial charge in [0, 0.05) is 17.8 Å². The number of likely N-dealkylation sites (N-methyl/N-ethyl adjacent to an activating group) is 1. The van der Waals surface area contributed by atoms with Crippen LogP contribution in [-0.2, 0) is 31.7 Å². The summed E-state index contributed by atoms with van der Waals surface area (Å²) in [5.41, 5.74) is 0.292. The van der Waals surface area contributed by atoms with Crippen LogP contribution >= 0.6 is 0 Å². The number of nitriles is 1. The quantitative estimate of drug-likeness (QED) is 0.120.